The second-order valence-electron chi connectivity index (χ2n) is 4.69. The standard InChI is InChI=1S/C17H25NO/c1-3-5-13-18(4-2)15-17-11-9-16(10-12-17)8-6-7-14-19/h9-12,19H,3-5,7,13-15H2,1-2H3. The van der Waals surface area contributed by atoms with Crippen LogP contribution in [0.5, 0.6) is 0 Å². The largest absolute Gasteiger partial charge is 0.395 e. The zero-order valence-electron chi connectivity index (χ0n) is 12.2. The van der Waals surface area contributed by atoms with Crippen molar-refractivity contribution in [2.75, 3.05) is 19.7 Å². The van der Waals surface area contributed by atoms with Gasteiger partial charge in [0.15, 0.2) is 0 Å². The molecule has 0 radical (unpaired) electrons. The molecule has 1 rings (SSSR count). The molecule has 0 aliphatic carbocycles. The van der Waals surface area contributed by atoms with E-state index < -0.39 is 0 Å². The number of rotatable bonds is 7. The highest BCUT2D eigenvalue weighted by molar-refractivity contribution is 5.36. The predicted molar refractivity (Wildman–Crippen MR) is 80.9 cm³/mol. The lowest BCUT2D eigenvalue weighted by molar-refractivity contribution is 0.275. The minimum atomic E-state index is 0.133. The second kappa shape index (κ2) is 9.61. The number of nitrogens with zero attached hydrogens (tertiary/aromatic N) is 1. The number of aliphatic hydroxyl groups excluding tert-OH is 1. The fourth-order valence-corrected chi connectivity index (χ4v) is 1.90. The molecule has 0 bridgehead atoms. The molecule has 0 atom stereocenters. The average molecular weight is 259 g/mol. The Balaban J connectivity index is 2.53. The Kier molecular flexibility index (Phi) is 7.97. The summed E-state index contributed by atoms with van der Waals surface area (Å²) in [5, 5.41) is 8.68. The summed E-state index contributed by atoms with van der Waals surface area (Å²) in [4.78, 5) is 2.47. The summed E-state index contributed by atoms with van der Waals surface area (Å²) >= 11 is 0. The van der Waals surface area contributed by atoms with Crippen molar-refractivity contribution in [3.05, 3.63) is 35.4 Å². The summed E-state index contributed by atoms with van der Waals surface area (Å²) in [5.41, 5.74) is 2.36. The van der Waals surface area contributed by atoms with Gasteiger partial charge in [0.05, 0.1) is 6.61 Å². The molecule has 0 heterocycles. The van der Waals surface area contributed by atoms with Crippen LogP contribution in [-0.2, 0) is 6.54 Å². The molecule has 1 N–H and O–H groups in total. The molecule has 2 heteroatoms. The molecule has 1 aromatic rings. The quantitative estimate of drug-likeness (QED) is 0.761. The van der Waals surface area contributed by atoms with Crippen LogP contribution in [0.15, 0.2) is 24.3 Å². The monoisotopic (exact) mass is 259 g/mol. The Labute approximate surface area is 117 Å². The van der Waals surface area contributed by atoms with E-state index in [-0.39, 0.29) is 6.61 Å². The average Bonchev–Trinajstić information content (AvgIpc) is 2.45. The van der Waals surface area contributed by atoms with Crippen LogP contribution in [0.2, 0.25) is 0 Å². The van der Waals surface area contributed by atoms with E-state index >= 15 is 0 Å². The van der Waals surface area contributed by atoms with Gasteiger partial charge in [0.1, 0.15) is 0 Å². The molecule has 0 unspecified atom stereocenters. The molecule has 104 valence electrons. The first-order chi connectivity index (χ1) is 9.30. The maximum atomic E-state index is 8.68. The SMILES string of the molecule is CCCCN(CC)Cc1ccc(C#CCCO)cc1. The van der Waals surface area contributed by atoms with Crippen LogP contribution in [0.3, 0.4) is 0 Å². The van der Waals surface area contributed by atoms with E-state index in [2.05, 4.69) is 54.9 Å². The van der Waals surface area contributed by atoms with E-state index in [0.29, 0.717) is 6.42 Å². The van der Waals surface area contributed by atoms with Crippen molar-refractivity contribution in [2.45, 2.75) is 39.7 Å². The summed E-state index contributed by atoms with van der Waals surface area (Å²) < 4.78 is 0. The maximum Gasteiger partial charge on any atom is 0.0540 e. The van der Waals surface area contributed by atoms with Gasteiger partial charge >= 0.3 is 0 Å². The van der Waals surface area contributed by atoms with E-state index in [4.69, 9.17) is 5.11 Å². The van der Waals surface area contributed by atoms with Crippen LogP contribution in [0.4, 0.5) is 0 Å². The molecule has 0 fully saturated rings. The number of unbranched alkanes of at least 4 members (excludes halogenated alkanes) is 1. The van der Waals surface area contributed by atoms with Crippen molar-refractivity contribution in [1.82, 2.24) is 4.90 Å². The van der Waals surface area contributed by atoms with Crippen LogP contribution < -0.4 is 0 Å². The third-order valence-corrected chi connectivity index (χ3v) is 3.10. The van der Waals surface area contributed by atoms with E-state index in [9.17, 15) is 0 Å². The summed E-state index contributed by atoms with van der Waals surface area (Å²) in [6.45, 7) is 7.86. The van der Waals surface area contributed by atoms with Crippen molar-refractivity contribution < 1.29 is 5.11 Å². The Morgan fingerprint density at radius 3 is 2.47 bits per heavy atom. The number of aliphatic hydroxyl groups is 1. The van der Waals surface area contributed by atoms with Crippen LogP contribution in [0, 0.1) is 11.8 Å². The van der Waals surface area contributed by atoms with Gasteiger partial charge in [-0.15, -0.1) is 0 Å². The first kappa shape index (κ1) is 15.8. The number of hydrogen-bond acceptors (Lipinski definition) is 2. The van der Waals surface area contributed by atoms with Gasteiger partial charge in [0.2, 0.25) is 0 Å². The van der Waals surface area contributed by atoms with Gasteiger partial charge in [0, 0.05) is 18.5 Å². The second-order valence-corrected chi connectivity index (χ2v) is 4.69. The van der Waals surface area contributed by atoms with E-state index in [0.717, 1.165) is 18.7 Å². The molecular weight excluding hydrogens is 234 g/mol. The molecular formula is C17H25NO. The molecule has 0 amide bonds. The van der Waals surface area contributed by atoms with Crippen molar-refractivity contribution in [1.29, 1.82) is 0 Å². The Morgan fingerprint density at radius 2 is 1.89 bits per heavy atom. The Hall–Kier alpha value is -1.30. The van der Waals surface area contributed by atoms with Crippen LogP contribution in [0.1, 0.15) is 44.2 Å². The third-order valence-electron chi connectivity index (χ3n) is 3.10. The van der Waals surface area contributed by atoms with Crippen molar-refractivity contribution in [3.63, 3.8) is 0 Å². The van der Waals surface area contributed by atoms with Gasteiger partial charge in [-0.25, -0.2) is 0 Å². The van der Waals surface area contributed by atoms with Crippen molar-refractivity contribution in [3.8, 4) is 11.8 Å². The molecule has 0 aliphatic rings. The fourth-order valence-electron chi connectivity index (χ4n) is 1.90. The molecule has 19 heavy (non-hydrogen) atoms. The maximum absolute atomic E-state index is 8.68. The van der Waals surface area contributed by atoms with Crippen LogP contribution >= 0.6 is 0 Å². The van der Waals surface area contributed by atoms with Crippen LogP contribution in [0.25, 0.3) is 0 Å². The summed E-state index contributed by atoms with van der Waals surface area (Å²) in [6, 6.07) is 8.43. The highest BCUT2D eigenvalue weighted by atomic mass is 16.2. The summed E-state index contributed by atoms with van der Waals surface area (Å²) in [6.07, 6.45) is 3.05. The fraction of sp³-hybridized carbons (Fsp3) is 0.529. The lowest BCUT2D eigenvalue weighted by Crippen LogP contribution is -2.23. The molecule has 0 saturated heterocycles. The van der Waals surface area contributed by atoms with Crippen molar-refractivity contribution in [2.24, 2.45) is 0 Å². The van der Waals surface area contributed by atoms with E-state index in [1.54, 1.807) is 0 Å². The predicted octanol–water partition coefficient (Wildman–Crippen LogP) is 3.04. The molecule has 2 nitrogen and oxygen atoms in total. The van der Waals surface area contributed by atoms with E-state index in [1.807, 2.05) is 0 Å². The first-order valence-corrected chi connectivity index (χ1v) is 7.21. The van der Waals surface area contributed by atoms with Gasteiger partial charge in [-0.05, 0) is 37.2 Å². The molecule has 0 aromatic heterocycles. The van der Waals surface area contributed by atoms with Gasteiger partial charge in [-0.3, -0.25) is 4.90 Å². The normalized spacial score (nSPS) is 10.3. The molecule has 1 aromatic carbocycles. The highest BCUT2D eigenvalue weighted by Crippen LogP contribution is 2.08. The van der Waals surface area contributed by atoms with E-state index in [1.165, 1.54) is 24.9 Å². The lowest BCUT2D eigenvalue weighted by Gasteiger charge is -2.20. The zero-order chi connectivity index (χ0) is 13.9. The van der Waals surface area contributed by atoms with Gasteiger partial charge in [0.25, 0.3) is 0 Å². The summed E-state index contributed by atoms with van der Waals surface area (Å²) in [5.74, 6) is 5.99. The van der Waals surface area contributed by atoms with Crippen LogP contribution in [-0.4, -0.2) is 29.7 Å². The highest BCUT2D eigenvalue weighted by Gasteiger charge is 2.02. The van der Waals surface area contributed by atoms with Crippen molar-refractivity contribution >= 4 is 0 Å². The molecule has 0 spiro atoms. The Bertz CT molecular complexity index is 400. The van der Waals surface area contributed by atoms with Gasteiger partial charge in [-0.2, -0.15) is 0 Å². The lowest BCUT2D eigenvalue weighted by atomic mass is 10.1. The number of benzene rings is 1. The third kappa shape index (κ3) is 6.42. The first-order valence-electron chi connectivity index (χ1n) is 7.21. The smallest absolute Gasteiger partial charge is 0.0540 e. The Morgan fingerprint density at radius 1 is 1.16 bits per heavy atom. The van der Waals surface area contributed by atoms with Gasteiger partial charge < -0.3 is 5.11 Å². The molecule has 0 saturated carbocycles. The number of hydrogen-bond donors (Lipinski definition) is 1. The summed E-state index contributed by atoms with van der Waals surface area (Å²) in [7, 11) is 0. The van der Waals surface area contributed by atoms with Gasteiger partial charge in [-0.1, -0.05) is 44.2 Å². The minimum Gasteiger partial charge on any atom is -0.395 e. The molecule has 0 aliphatic heterocycles. The topological polar surface area (TPSA) is 23.5 Å². The zero-order valence-corrected chi connectivity index (χ0v) is 12.2. The minimum absolute atomic E-state index is 0.133.